The van der Waals surface area contributed by atoms with Gasteiger partial charge in [0.1, 0.15) is 5.82 Å². The molecule has 1 heterocycles. The zero-order valence-corrected chi connectivity index (χ0v) is 11.1. The van der Waals surface area contributed by atoms with E-state index in [9.17, 15) is 0 Å². The lowest BCUT2D eigenvalue weighted by Gasteiger charge is -1.97. The second-order valence-electron chi connectivity index (χ2n) is 4.51. The van der Waals surface area contributed by atoms with E-state index in [1.54, 1.807) is 0 Å². The van der Waals surface area contributed by atoms with E-state index in [0.29, 0.717) is 0 Å². The fraction of sp³-hybridized carbons (Fsp3) is 0.500. The molecule has 0 atom stereocenters. The summed E-state index contributed by atoms with van der Waals surface area (Å²) in [6.07, 6.45) is 7.52. The van der Waals surface area contributed by atoms with Gasteiger partial charge in [-0.2, -0.15) is 0 Å². The molecule has 2 rings (SSSR count). The predicted molar refractivity (Wildman–Crippen MR) is 73.6 cm³/mol. The number of halogens is 1. The summed E-state index contributed by atoms with van der Waals surface area (Å²) in [6, 6.07) is 5.79. The summed E-state index contributed by atoms with van der Waals surface area (Å²) in [4.78, 5) is 7.89. The van der Waals surface area contributed by atoms with Crippen LogP contribution in [0.4, 0.5) is 0 Å². The highest BCUT2D eigenvalue weighted by Crippen LogP contribution is 2.18. The van der Waals surface area contributed by atoms with E-state index in [1.807, 2.05) is 18.2 Å². The highest BCUT2D eigenvalue weighted by molar-refractivity contribution is 6.31. The van der Waals surface area contributed by atoms with Gasteiger partial charge in [0, 0.05) is 11.4 Å². The van der Waals surface area contributed by atoms with Crippen molar-refractivity contribution in [1.82, 2.24) is 9.97 Å². The van der Waals surface area contributed by atoms with Crippen LogP contribution in [0.25, 0.3) is 11.0 Å². The number of nitrogens with zero attached hydrogens (tertiary/aromatic N) is 1. The van der Waals surface area contributed by atoms with Gasteiger partial charge in [-0.25, -0.2) is 4.98 Å². The lowest BCUT2D eigenvalue weighted by Crippen LogP contribution is -1.88. The normalized spacial score (nSPS) is 11.2. The van der Waals surface area contributed by atoms with Gasteiger partial charge in [-0.1, -0.05) is 44.2 Å². The second kappa shape index (κ2) is 6.06. The smallest absolute Gasteiger partial charge is 0.107 e. The van der Waals surface area contributed by atoms with Crippen molar-refractivity contribution in [2.45, 2.75) is 45.4 Å². The quantitative estimate of drug-likeness (QED) is 0.738. The van der Waals surface area contributed by atoms with Crippen molar-refractivity contribution >= 4 is 22.6 Å². The van der Waals surface area contributed by atoms with Gasteiger partial charge in [0.2, 0.25) is 0 Å². The molecule has 0 amide bonds. The van der Waals surface area contributed by atoms with Crippen molar-refractivity contribution in [3.63, 3.8) is 0 Å². The molecule has 2 aromatic rings. The van der Waals surface area contributed by atoms with E-state index in [0.717, 1.165) is 28.3 Å². The van der Waals surface area contributed by atoms with Crippen LogP contribution in [0.1, 0.15) is 44.9 Å². The number of hydrogen-bond donors (Lipinski definition) is 1. The van der Waals surface area contributed by atoms with E-state index >= 15 is 0 Å². The fourth-order valence-corrected chi connectivity index (χ4v) is 2.22. The Morgan fingerprint density at radius 2 is 2.00 bits per heavy atom. The Kier molecular flexibility index (Phi) is 4.43. The molecular weight excluding hydrogens is 232 g/mol. The number of H-pyrrole nitrogens is 1. The first-order valence-electron chi connectivity index (χ1n) is 6.43. The Morgan fingerprint density at radius 3 is 2.82 bits per heavy atom. The van der Waals surface area contributed by atoms with Crippen molar-refractivity contribution in [1.29, 1.82) is 0 Å². The molecule has 0 aliphatic carbocycles. The van der Waals surface area contributed by atoms with Crippen LogP contribution < -0.4 is 0 Å². The van der Waals surface area contributed by atoms with Crippen molar-refractivity contribution in [3.05, 3.63) is 29.0 Å². The van der Waals surface area contributed by atoms with E-state index in [2.05, 4.69) is 16.9 Å². The average Bonchev–Trinajstić information content (AvgIpc) is 2.70. The number of rotatable bonds is 6. The largest absolute Gasteiger partial charge is 0.342 e. The number of nitrogens with one attached hydrogen (secondary N) is 1. The van der Waals surface area contributed by atoms with Crippen molar-refractivity contribution in [2.24, 2.45) is 0 Å². The molecule has 1 N–H and O–H groups in total. The number of imidazole rings is 1. The van der Waals surface area contributed by atoms with Gasteiger partial charge in [-0.3, -0.25) is 0 Å². The number of aromatic nitrogens is 2. The summed E-state index contributed by atoms with van der Waals surface area (Å²) in [6.45, 7) is 2.24. The molecule has 0 radical (unpaired) electrons. The van der Waals surface area contributed by atoms with Crippen LogP contribution in [0.3, 0.4) is 0 Å². The molecule has 0 aliphatic heterocycles. The summed E-state index contributed by atoms with van der Waals surface area (Å²) < 4.78 is 0. The third kappa shape index (κ3) is 3.47. The van der Waals surface area contributed by atoms with Gasteiger partial charge in [0.15, 0.2) is 0 Å². The van der Waals surface area contributed by atoms with Crippen LogP contribution in [-0.2, 0) is 6.42 Å². The Balaban J connectivity index is 1.91. The average molecular weight is 251 g/mol. The minimum Gasteiger partial charge on any atom is -0.342 e. The number of aryl methyl sites for hydroxylation is 1. The highest BCUT2D eigenvalue weighted by Gasteiger charge is 2.02. The van der Waals surface area contributed by atoms with Gasteiger partial charge < -0.3 is 4.98 Å². The van der Waals surface area contributed by atoms with Gasteiger partial charge in [0.05, 0.1) is 11.0 Å². The monoisotopic (exact) mass is 250 g/mol. The van der Waals surface area contributed by atoms with Crippen LogP contribution >= 0.6 is 11.6 Å². The number of benzene rings is 1. The van der Waals surface area contributed by atoms with Gasteiger partial charge in [0.25, 0.3) is 0 Å². The molecule has 2 nitrogen and oxygen atoms in total. The van der Waals surface area contributed by atoms with Crippen molar-refractivity contribution in [3.8, 4) is 0 Å². The Hall–Kier alpha value is -1.02. The molecule has 0 unspecified atom stereocenters. The summed E-state index contributed by atoms with van der Waals surface area (Å²) in [5.41, 5.74) is 2.05. The number of aromatic amines is 1. The van der Waals surface area contributed by atoms with E-state index < -0.39 is 0 Å². The minimum absolute atomic E-state index is 0.760. The molecule has 3 heteroatoms. The summed E-state index contributed by atoms with van der Waals surface area (Å²) in [5, 5.41) is 0.760. The standard InChI is InChI=1S/C14H19ClN2/c1-2-3-4-5-6-7-14-16-12-9-8-11(15)10-13(12)17-14/h8-10H,2-7H2,1H3,(H,16,17). The Morgan fingerprint density at radius 1 is 1.18 bits per heavy atom. The van der Waals surface area contributed by atoms with Gasteiger partial charge in [-0.15, -0.1) is 0 Å². The second-order valence-corrected chi connectivity index (χ2v) is 4.95. The Bertz CT molecular complexity index is 476. The lowest BCUT2D eigenvalue weighted by molar-refractivity contribution is 0.625. The molecule has 1 aromatic heterocycles. The SMILES string of the molecule is CCCCCCCc1nc2ccc(Cl)cc2[nH]1. The van der Waals surface area contributed by atoms with Crippen LogP contribution in [0.5, 0.6) is 0 Å². The molecular formula is C14H19ClN2. The van der Waals surface area contributed by atoms with Crippen LogP contribution in [0.2, 0.25) is 5.02 Å². The molecule has 1 aromatic carbocycles. The first-order chi connectivity index (χ1) is 8.29. The third-order valence-electron chi connectivity index (χ3n) is 3.01. The molecule has 0 saturated heterocycles. The first kappa shape index (κ1) is 12.4. The first-order valence-corrected chi connectivity index (χ1v) is 6.81. The van der Waals surface area contributed by atoms with E-state index in [1.165, 1.54) is 32.1 Å². The van der Waals surface area contributed by atoms with Crippen molar-refractivity contribution in [2.75, 3.05) is 0 Å². The topological polar surface area (TPSA) is 28.7 Å². The molecule has 0 aliphatic rings. The summed E-state index contributed by atoms with van der Waals surface area (Å²) in [5.74, 6) is 1.08. The fourth-order valence-electron chi connectivity index (χ4n) is 2.05. The maximum Gasteiger partial charge on any atom is 0.107 e. The number of unbranched alkanes of at least 4 members (excludes halogenated alkanes) is 4. The minimum atomic E-state index is 0.760. The van der Waals surface area contributed by atoms with Crippen LogP contribution in [0.15, 0.2) is 18.2 Å². The molecule has 92 valence electrons. The zero-order valence-electron chi connectivity index (χ0n) is 10.3. The van der Waals surface area contributed by atoms with Crippen molar-refractivity contribution < 1.29 is 0 Å². The number of hydrogen-bond acceptors (Lipinski definition) is 1. The summed E-state index contributed by atoms with van der Waals surface area (Å²) >= 11 is 5.94. The van der Waals surface area contributed by atoms with E-state index in [4.69, 9.17) is 11.6 Å². The lowest BCUT2D eigenvalue weighted by atomic mass is 10.1. The number of fused-ring (bicyclic) bond motifs is 1. The van der Waals surface area contributed by atoms with Gasteiger partial charge in [-0.05, 0) is 24.6 Å². The maximum atomic E-state index is 5.94. The van der Waals surface area contributed by atoms with Crippen LogP contribution in [-0.4, -0.2) is 9.97 Å². The molecule has 0 fully saturated rings. The predicted octanol–water partition coefficient (Wildman–Crippen LogP) is 4.73. The summed E-state index contributed by atoms with van der Waals surface area (Å²) in [7, 11) is 0. The highest BCUT2D eigenvalue weighted by atomic mass is 35.5. The zero-order chi connectivity index (χ0) is 12.1. The molecule has 0 bridgehead atoms. The molecule has 0 spiro atoms. The molecule has 17 heavy (non-hydrogen) atoms. The maximum absolute atomic E-state index is 5.94. The van der Waals surface area contributed by atoms with E-state index in [-0.39, 0.29) is 0 Å². The van der Waals surface area contributed by atoms with Crippen LogP contribution in [0, 0.1) is 0 Å². The molecule has 0 saturated carbocycles. The van der Waals surface area contributed by atoms with Gasteiger partial charge >= 0.3 is 0 Å². The third-order valence-corrected chi connectivity index (χ3v) is 3.25. The Labute approximate surface area is 107 Å².